The van der Waals surface area contributed by atoms with E-state index in [2.05, 4.69) is 15.3 Å². The van der Waals surface area contributed by atoms with Gasteiger partial charge < -0.3 is 10.1 Å². The number of anilines is 1. The van der Waals surface area contributed by atoms with Crippen LogP contribution in [-0.2, 0) is 20.0 Å². The lowest BCUT2D eigenvalue weighted by Crippen LogP contribution is -2.24. The van der Waals surface area contributed by atoms with Crippen molar-refractivity contribution in [2.45, 2.75) is 19.8 Å². The van der Waals surface area contributed by atoms with Crippen molar-refractivity contribution >= 4 is 5.95 Å². The molecule has 1 aromatic carbocycles. The van der Waals surface area contributed by atoms with Crippen LogP contribution in [-0.4, -0.2) is 21.1 Å². The summed E-state index contributed by atoms with van der Waals surface area (Å²) in [5, 5.41) is 2.58. The molecule has 0 unspecified atom stereocenters. The molecule has 7 heteroatoms. The van der Waals surface area contributed by atoms with Crippen molar-refractivity contribution in [3.05, 3.63) is 69.7 Å². The van der Waals surface area contributed by atoms with E-state index in [1.54, 1.807) is 25.3 Å². The summed E-state index contributed by atoms with van der Waals surface area (Å²) in [4.78, 5) is 21.3. The molecule has 1 aliphatic heterocycles. The highest BCUT2D eigenvalue weighted by molar-refractivity contribution is 5.64. The number of hydrogen-bond donors (Lipinski definition) is 1. The van der Waals surface area contributed by atoms with Crippen molar-refractivity contribution in [2.24, 2.45) is 7.05 Å². The van der Waals surface area contributed by atoms with Gasteiger partial charge in [-0.25, -0.2) is 9.37 Å². The number of hydrogen-bond acceptors (Lipinski definition) is 5. The number of rotatable bonds is 4. The lowest BCUT2D eigenvalue weighted by molar-refractivity contribution is 0.356. The fraction of sp³-hybridized carbons (Fsp3) is 0.250. The summed E-state index contributed by atoms with van der Waals surface area (Å²) in [6, 6.07) is 6.18. The number of nitrogens with zero attached hydrogens (tertiary/aromatic N) is 3. The number of fused-ring (bicyclic) bond motifs is 1. The van der Waals surface area contributed by atoms with Gasteiger partial charge >= 0.3 is 0 Å². The molecule has 0 spiro atoms. The largest absolute Gasteiger partial charge is 0.493 e. The van der Waals surface area contributed by atoms with E-state index in [-0.39, 0.29) is 17.1 Å². The third-order valence-corrected chi connectivity index (χ3v) is 4.59. The number of aromatic nitrogens is 3. The van der Waals surface area contributed by atoms with Crippen molar-refractivity contribution in [1.82, 2.24) is 14.5 Å². The lowest BCUT2D eigenvalue weighted by atomic mass is 10.0. The van der Waals surface area contributed by atoms with Crippen molar-refractivity contribution in [2.75, 3.05) is 11.9 Å². The van der Waals surface area contributed by atoms with E-state index in [1.807, 2.05) is 0 Å². The van der Waals surface area contributed by atoms with Gasteiger partial charge in [0, 0.05) is 54.7 Å². The Morgan fingerprint density at radius 1 is 1.33 bits per heavy atom. The first-order valence-electron chi connectivity index (χ1n) is 9.50. The van der Waals surface area contributed by atoms with Crippen LogP contribution in [0.1, 0.15) is 19.6 Å². The average Bonchev–Trinajstić information content (AvgIpc) is 3.14. The molecule has 27 heavy (non-hydrogen) atoms. The predicted octanol–water partition coefficient (Wildman–Crippen LogP) is 2.84. The molecular weight excluding hydrogens is 347 g/mol. The molecule has 4 rings (SSSR count). The standard InChI is InChI=1S/C20H19FN4O2/c1-12-13(4-3-8-22-12)16-11-24-20(25(2)19(16)26)23-10-15-14-7-9-27-18(14)6-5-17(15)21/h3-6,8,11H,7,9-10H2,1-2H3,(H,23,24)/i10D2. The van der Waals surface area contributed by atoms with Gasteiger partial charge in [-0.3, -0.25) is 14.3 Å². The van der Waals surface area contributed by atoms with E-state index in [0.29, 0.717) is 41.2 Å². The molecule has 1 aliphatic rings. The SMILES string of the molecule is [2H]C([2H])(Nc1ncc(-c2cccnc2C)c(=O)n1C)c1c(F)ccc2c1CCO2. The van der Waals surface area contributed by atoms with Crippen molar-refractivity contribution in [3.8, 4) is 16.9 Å². The maximum Gasteiger partial charge on any atom is 0.262 e. The Hall–Kier alpha value is -3.22. The number of halogens is 1. The molecule has 6 nitrogen and oxygen atoms in total. The average molecular weight is 368 g/mol. The summed E-state index contributed by atoms with van der Waals surface area (Å²) in [6.07, 6.45) is 3.42. The molecule has 3 heterocycles. The van der Waals surface area contributed by atoms with Gasteiger partial charge in [-0.15, -0.1) is 0 Å². The number of ether oxygens (including phenoxy) is 1. The van der Waals surface area contributed by atoms with Crippen LogP contribution in [0.15, 0.2) is 41.5 Å². The summed E-state index contributed by atoms with van der Waals surface area (Å²) in [5.74, 6) is -0.225. The third kappa shape index (κ3) is 3.05. The van der Waals surface area contributed by atoms with Crippen molar-refractivity contribution in [1.29, 1.82) is 0 Å². The fourth-order valence-corrected chi connectivity index (χ4v) is 3.11. The maximum absolute atomic E-state index is 14.5. The van der Waals surface area contributed by atoms with Gasteiger partial charge in [0.2, 0.25) is 5.95 Å². The predicted molar refractivity (Wildman–Crippen MR) is 100 cm³/mol. The van der Waals surface area contributed by atoms with Crippen LogP contribution in [0.5, 0.6) is 5.75 Å². The van der Waals surface area contributed by atoms with Gasteiger partial charge in [-0.1, -0.05) is 6.07 Å². The van der Waals surface area contributed by atoms with E-state index in [4.69, 9.17) is 7.48 Å². The van der Waals surface area contributed by atoms with E-state index in [0.717, 1.165) is 0 Å². The quantitative estimate of drug-likeness (QED) is 0.767. The van der Waals surface area contributed by atoms with Crippen LogP contribution < -0.4 is 15.6 Å². The third-order valence-electron chi connectivity index (χ3n) is 4.59. The molecule has 2 aromatic heterocycles. The Morgan fingerprint density at radius 3 is 3.00 bits per heavy atom. The Labute approximate surface area is 158 Å². The number of nitrogens with one attached hydrogen (secondary N) is 1. The highest BCUT2D eigenvalue weighted by atomic mass is 19.1. The van der Waals surface area contributed by atoms with E-state index < -0.39 is 12.3 Å². The highest BCUT2D eigenvalue weighted by Crippen LogP contribution is 2.30. The molecular formula is C20H19FN4O2. The first kappa shape index (κ1) is 14.9. The Bertz CT molecular complexity index is 1160. The number of benzene rings is 1. The smallest absolute Gasteiger partial charge is 0.262 e. The van der Waals surface area contributed by atoms with E-state index in [9.17, 15) is 9.18 Å². The van der Waals surface area contributed by atoms with E-state index in [1.165, 1.54) is 29.9 Å². The van der Waals surface area contributed by atoms with Crippen LogP contribution >= 0.6 is 0 Å². The second-order valence-corrected chi connectivity index (χ2v) is 6.24. The topological polar surface area (TPSA) is 69.0 Å². The number of aryl methyl sites for hydroxylation is 1. The summed E-state index contributed by atoms with van der Waals surface area (Å²) in [5.41, 5.74) is 1.67. The minimum absolute atomic E-state index is 0.0128. The lowest BCUT2D eigenvalue weighted by Gasteiger charge is -2.14. The molecule has 3 aromatic rings. The molecule has 1 N–H and O–H groups in total. The van der Waals surface area contributed by atoms with Crippen LogP contribution in [0.25, 0.3) is 11.1 Å². The van der Waals surface area contributed by atoms with Gasteiger partial charge in [0.15, 0.2) is 0 Å². The molecule has 0 amide bonds. The monoisotopic (exact) mass is 368 g/mol. The minimum atomic E-state index is -2.30. The van der Waals surface area contributed by atoms with Crippen molar-refractivity contribution < 1.29 is 11.9 Å². The molecule has 0 saturated heterocycles. The van der Waals surface area contributed by atoms with Crippen LogP contribution in [0.3, 0.4) is 0 Å². The summed E-state index contributed by atoms with van der Waals surface area (Å²) >= 11 is 0. The number of pyridine rings is 1. The normalized spacial score (nSPS) is 14.2. The molecule has 138 valence electrons. The minimum Gasteiger partial charge on any atom is -0.493 e. The van der Waals surface area contributed by atoms with Crippen molar-refractivity contribution in [3.63, 3.8) is 0 Å². The zero-order valence-electron chi connectivity index (χ0n) is 16.9. The molecule has 0 atom stereocenters. The van der Waals surface area contributed by atoms with Crippen LogP contribution in [0.4, 0.5) is 10.3 Å². The maximum atomic E-state index is 14.5. The highest BCUT2D eigenvalue weighted by Gasteiger charge is 2.20. The molecule has 0 saturated carbocycles. The van der Waals surface area contributed by atoms with E-state index >= 15 is 0 Å². The molecule has 0 fully saturated rings. The fourth-order valence-electron chi connectivity index (χ4n) is 3.11. The van der Waals surface area contributed by atoms with Gasteiger partial charge in [-0.2, -0.15) is 0 Å². The van der Waals surface area contributed by atoms with Gasteiger partial charge in [-0.05, 0) is 25.1 Å². The summed E-state index contributed by atoms with van der Waals surface area (Å²) in [7, 11) is 1.48. The van der Waals surface area contributed by atoms with Gasteiger partial charge in [0.05, 0.1) is 14.9 Å². The Balaban J connectivity index is 1.74. The zero-order valence-corrected chi connectivity index (χ0v) is 14.9. The van der Waals surface area contributed by atoms with Crippen LogP contribution in [0, 0.1) is 12.7 Å². The first-order chi connectivity index (χ1) is 13.8. The second-order valence-electron chi connectivity index (χ2n) is 6.24. The Kier molecular flexibility index (Phi) is 3.77. The van der Waals surface area contributed by atoms with Gasteiger partial charge in [0.1, 0.15) is 11.6 Å². The zero-order chi connectivity index (χ0) is 20.8. The second kappa shape index (κ2) is 6.83. The molecule has 0 radical (unpaired) electrons. The molecule has 0 aliphatic carbocycles. The summed E-state index contributed by atoms with van der Waals surface area (Å²) in [6.45, 7) is -0.135. The van der Waals surface area contributed by atoms with Gasteiger partial charge in [0.25, 0.3) is 5.56 Å². The summed E-state index contributed by atoms with van der Waals surface area (Å²) < 4.78 is 38.0. The first-order valence-corrected chi connectivity index (χ1v) is 8.50. The van der Waals surface area contributed by atoms with Crippen LogP contribution in [0.2, 0.25) is 0 Å². The molecule has 0 bridgehead atoms. The Morgan fingerprint density at radius 2 is 2.19 bits per heavy atom.